The van der Waals surface area contributed by atoms with E-state index in [9.17, 15) is 0 Å². The van der Waals surface area contributed by atoms with Gasteiger partial charge in [-0.15, -0.1) is 0 Å². The lowest BCUT2D eigenvalue weighted by molar-refractivity contribution is 0.352. The number of hydrogen-bond donors (Lipinski definition) is 0. The molecule has 0 fully saturated rings. The van der Waals surface area contributed by atoms with Gasteiger partial charge in [-0.1, -0.05) is 42.8 Å². The summed E-state index contributed by atoms with van der Waals surface area (Å²) in [7, 11) is 3.30. The number of hydrogen-bond acceptors (Lipinski definition) is 2. The topological polar surface area (TPSA) is 18.5 Å². The van der Waals surface area contributed by atoms with Crippen molar-refractivity contribution in [2.45, 2.75) is 25.6 Å². The lowest BCUT2D eigenvalue weighted by Crippen LogP contribution is -2.12. The fourth-order valence-corrected chi connectivity index (χ4v) is 1.80. The van der Waals surface area contributed by atoms with E-state index in [4.69, 9.17) is 9.47 Å². The standard InChI is InChI=1S/C13H19BrO2/c1-13(2,3)12(14)9-6-7-10(15-4)11(8-9)16-5/h6-8,12H,1-5H3. The average Bonchev–Trinajstić information content (AvgIpc) is 2.25. The lowest BCUT2D eigenvalue weighted by Gasteiger charge is -2.26. The van der Waals surface area contributed by atoms with Crippen LogP contribution in [-0.4, -0.2) is 14.2 Å². The van der Waals surface area contributed by atoms with Crippen LogP contribution >= 0.6 is 15.9 Å². The van der Waals surface area contributed by atoms with Gasteiger partial charge in [0.2, 0.25) is 0 Å². The van der Waals surface area contributed by atoms with Crippen LogP contribution in [-0.2, 0) is 0 Å². The van der Waals surface area contributed by atoms with Gasteiger partial charge >= 0.3 is 0 Å². The summed E-state index contributed by atoms with van der Waals surface area (Å²) in [6.07, 6.45) is 0. The van der Waals surface area contributed by atoms with Gasteiger partial charge in [0.1, 0.15) is 0 Å². The quantitative estimate of drug-likeness (QED) is 0.776. The Kier molecular flexibility index (Phi) is 4.25. The monoisotopic (exact) mass is 286 g/mol. The van der Waals surface area contributed by atoms with Crippen molar-refractivity contribution < 1.29 is 9.47 Å². The minimum absolute atomic E-state index is 0.166. The van der Waals surface area contributed by atoms with Crippen molar-refractivity contribution in [3.8, 4) is 11.5 Å². The number of ether oxygens (including phenoxy) is 2. The SMILES string of the molecule is COc1ccc(C(Br)C(C)(C)C)cc1OC. The molecule has 0 bridgehead atoms. The van der Waals surface area contributed by atoms with Gasteiger partial charge < -0.3 is 9.47 Å². The van der Waals surface area contributed by atoms with Gasteiger partial charge in [0, 0.05) is 4.83 Å². The summed E-state index contributed by atoms with van der Waals surface area (Å²) in [6.45, 7) is 6.59. The first-order chi connectivity index (χ1) is 7.40. The van der Waals surface area contributed by atoms with Gasteiger partial charge in [0.05, 0.1) is 14.2 Å². The number of benzene rings is 1. The molecule has 16 heavy (non-hydrogen) atoms. The molecule has 0 amide bonds. The Hall–Kier alpha value is -0.700. The van der Waals surface area contributed by atoms with Gasteiger partial charge in [-0.3, -0.25) is 0 Å². The minimum Gasteiger partial charge on any atom is -0.493 e. The molecule has 2 nitrogen and oxygen atoms in total. The van der Waals surface area contributed by atoms with E-state index in [1.807, 2.05) is 12.1 Å². The van der Waals surface area contributed by atoms with Crippen LogP contribution < -0.4 is 9.47 Å². The molecule has 1 aromatic carbocycles. The second-order valence-electron chi connectivity index (χ2n) is 4.84. The highest BCUT2D eigenvalue weighted by atomic mass is 79.9. The van der Waals surface area contributed by atoms with E-state index in [-0.39, 0.29) is 5.41 Å². The number of rotatable bonds is 3. The van der Waals surface area contributed by atoms with E-state index in [2.05, 4.69) is 42.8 Å². The molecule has 0 spiro atoms. The van der Waals surface area contributed by atoms with Crippen molar-refractivity contribution in [2.75, 3.05) is 14.2 Å². The Morgan fingerprint density at radius 1 is 1.06 bits per heavy atom. The van der Waals surface area contributed by atoms with Gasteiger partial charge in [-0.25, -0.2) is 0 Å². The Bertz CT molecular complexity index is 355. The maximum atomic E-state index is 5.29. The maximum absolute atomic E-state index is 5.29. The summed E-state index contributed by atoms with van der Waals surface area (Å²) in [4.78, 5) is 0.291. The summed E-state index contributed by atoms with van der Waals surface area (Å²) in [5, 5.41) is 0. The molecule has 0 radical (unpaired) electrons. The van der Waals surface area contributed by atoms with Gasteiger partial charge in [-0.2, -0.15) is 0 Å². The molecule has 1 unspecified atom stereocenters. The summed E-state index contributed by atoms with van der Waals surface area (Å²) in [5.41, 5.74) is 1.37. The zero-order valence-corrected chi connectivity index (χ0v) is 12.1. The number of alkyl halides is 1. The summed E-state index contributed by atoms with van der Waals surface area (Å²) >= 11 is 3.72. The molecule has 0 aliphatic rings. The van der Waals surface area contributed by atoms with E-state index in [1.165, 1.54) is 5.56 Å². The fourth-order valence-electron chi connectivity index (χ4n) is 1.51. The molecule has 0 aliphatic heterocycles. The van der Waals surface area contributed by atoms with Gasteiger partial charge in [-0.05, 0) is 23.1 Å². The normalized spacial score (nSPS) is 13.4. The molecule has 0 aliphatic carbocycles. The summed E-state index contributed by atoms with van der Waals surface area (Å²) in [5.74, 6) is 1.54. The van der Waals surface area contributed by atoms with Crippen LogP contribution in [0.15, 0.2) is 18.2 Å². The van der Waals surface area contributed by atoms with Crippen LogP contribution in [0.25, 0.3) is 0 Å². The van der Waals surface area contributed by atoms with Crippen LogP contribution in [0.3, 0.4) is 0 Å². The molecule has 3 heteroatoms. The third kappa shape index (κ3) is 2.91. The highest BCUT2D eigenvalue weighted by Crippen LogP contribution is 2.42. The average molecular weight is 287 g/mol. The van der Waals surface area contributed by atoms with Crippen molar-refractivity contribution in [2.24, 2.45) is 5.41 Å². The largest absolute Gasteiger partial charge is 0.493 e. The Morgan fingerprint density at radius 2 is 1.62 bits per heavy atom. The lowest BCUT2D eigenvalue weighted by atomic mass is 9.88. The first kappa shape index (κ1) is 13.4. The highest BCUT2D eigenvalue weighted by molar-refractivity contribution is 9.09. The van der Waals surface area contributed by atoms with Crippen LogP contribution in [0.5, 0.6) is 11.5 Å². The van der Waals surface area contributed by atoms with Crippen LogP contribution in [0, 0.1) is 5.41 Å². The van der Waals surface area contributed by atoms with Crippen LogP contribution in [0.4, 0.5) is 0 Å². The number of methoxy groups -OCH3 is 2. The molecule has 0 heterocycles. The molecule has 1 rings (SSSR count). The van der Waals surface area contributed by atoms with E-state index in [0.29, 0.717) is 4.83 Å². The molecule has 0 N–H and O–H groups in total. The van der Waals surface area contributed by atoms with Crippen LogP contribution in [0.2, 0.25) is 0 Å². The van der Waals surface area contributed by atoms with Gasteiger partial charge in [0.15, 0.2) is 11.5 Å². The highest BCUT2D eigenvalue weighted by Gasteiger charge is 2.24. The Morgan fingerprint density at radius 3 is 2.06 bits per heavy atom. The Balaban J connectivity index is 3.08. The molecule has 1 aromatic rings. The van der Waals surface area contributed by atoms with E-state index < -0.39 is 0 Å². The fraction of sp³-hybridized carbons (Fsp3) is 0.538. The molecular formula is C13H19BrO2. The molecule has 0 saturated carbocycles. The minimum atomic E-state index is 0.166. The molecule has 0 aromatic heterocycles. The zero-order valence-electron chi connectivity index (χ0n) is 10.5. The third-order valence-corrected chi connectivity index (χ3v) is 4.36. The summed E-state index contributed by atoms with van der Waals surface area (Å²) in [6, 6.07) is 6.02. The predicted octanol–water partition coefficient (Wildman–Crippen LogP) is 4.19. The van der Waals surface area contributed by atoms with Crippen molar-refractivity contribution in [1.82, 2.24) is 0 Å². The summed E-state index contributed by atoms with van der Waals surface area (Å²) < 4.78 is 10.5. The van der Waals surface area contributed by atoms with Gasteiger partial charge in [0.25, 0.3) is 0 Å². The van der Waals surface area contributed by atoms with Crippen LogP contribution in [0.1, 0.15) is 31.2 Å². The van der Waals surface area contributed by atoms with Crippen molar-refractivity contribution >= 4 is 15.9 Å². The van der Waals surface area contributed by atoms with E-state index >= 15 is 0 Å². The third-order valence-electron chi connectivity index (χ3n) is 2.46. The second-order valence-corrected chi connectivity index (χ2v) is 5.76. The first-order valence-corrected chi connectivity index (χ1v) is 6.17. The van der Waals surface area contributed by atoms with E-state index in [1.54, 1.807) is 14.2 Å². The zero-order chi connectivity index (χ0) is 12.3. The molecular weight excluding hydrogens is 268 g/mol. The van der Waals surface area contributed by atoms with E-state index in [0.717, 1.165) is 11.5 Å². The molecule has 90 valence electrons. The maximum Gasteiger partial charge on any atom is 0.161 e. The predicted molar refractivity (Wildman–Crippen MR) is 70.7 cm³/mol. The molecule has 1 atom stereocenters. The second kappa shape index (κ2) is 5.09. The smallest absolute Gasteiger partial charge is 0.161 e. The van der Waals surface area contributed by atoms with Crippen molar-refractivity contribution in [3.05, 3.63) is 23.8 Å². The van der Waals surface area contributed by atoms with Crippen molar-refractivity contribution in [3.63, 3.8) is 0 Å². The Labute approximate surface area is 106 Å². The molecule has 0 saturated heterocycles. The number of halogens is 1. The first-order valence-electron chi connectivity index (χ1n) is 5.26. The van der Waals surface area contributed by atoms with Crippen molar-refractivity contribution in [1.29, 1.82) is 0 Å².